The summed E-state index contributed by atoms with van der Waals surface area (Å²) in [5.41, 5.74) is 1.48. The zero-order valence-corrected chi connectivity index (χ0v) is 18.9. The van der Waals surface area contributed by atoms with Crippen molar-refractivity contribution in [1.82, 2.24) is 15.3 Å². The van der Waals surface area contributed by atoms with Crippen molar-refractivity contribution in [1.29, 1.82) is 0 Å². The third-order valence-electron chi connectivity index (χ3n) is 4.68. The average Bonchev–Trinajstić information content (AvgIpc) is 3.03. The van der Waals surface area contributed by atoms with Crippen molar-refractivity contribution in [2.45, 2.75) is 51.7 Å². The third kappa shape index (κ3) is 5.41. The van der Waals surface area contributed by atoms with Gasteiger partial charge in [0.05, 0.1) is 34.3 Å². The molecule has 1 aliphatic rings. The number of alkyl carbamates (subject to hydrolysis) is 1. The quantitative estimate of drug-likeness (QED) is 0.593. The fourth-order valence-corrected chi connectivity index (χ4v) is 4.09. The predicted molar refractivity (Wildman–Crippen MR) is 118 cm³/mol. The largest absolute Gasteiger partial charge is 0.444 e. The van der Waals surface area contributed by atoms with Crippen molar-refractivity contribution in [2.75, 3.05) is 30.0 Å². The third-order valence-corrected chi connectivity index (χ3v) is 5.26. The number of alkyl halides is 1. The molecule has 0 bridgehead atoms. The van der Waals surface area contributed by atoms with Crippen LogP contribution in [0.15, 0.2) is 16.9 Å². The van der Waals surface area contributed by atoms with Crippen molar-refractivity contribution in [3.63, 3.8) is 0 Å². The molecule has 0 spiro atoms. The Bertz CT molecular complexity index is 927. The van der Waals surface area contributed by atoms with Gasteiger partial charge < -0.3 is 25.3 Å². The van der Waals surface area contributed by atoms with Crippen LogP contribution in [0.5, 0.6) is 0 Å². The monoisotopic (exact) mass is 483 g/mol. The Morgan fingerprint density at radius 1 is 1.43 bits per heavy atom. The number of rotatable bonds is 5. The van der Waals surface area contributed by atoms with E-state index in [0.717, 1.165) is 34.9 Å². The van der Waals surface area contributed by atoms with Crippen LogP contribution in [0.3, 0.4) is 0 Å². The van der Waals surface area contributed by atoms with Crippen LogP contribution in [0.25, 0.3) is 11.0 Å². The lowest BCUT2D eigenvalue weighted by Crippen LogP contribution is -2.49. The van der Waals surface area contributed by atoms with Crippen molar-refractivity contribution in [3.05, 3.63) is 16.9 Å². The van der Waals surface area contributed by atoms with Gasteiger partial charge in [0.2, 0.25) is 5.91 Å². The van der Waals surface area contributed by atoms with Crippen LogP contribution in [-0.4, -0.2) is 53.4 Å². The van der Waals surface area contributed by atoms with Crippen LogP contribution < -0.4 is 15.5 Å². The minimum Gasteiger partial charge on any atom is -0.444 e. The second-order valence-electron chi connectivity index (χ2n) is 8.30. The van der Waals surface area contributed by atoms with E-state index >= 15 is 0 Å². The topological polar surface area (TPSA) is 99.3 Å². The lowest BCUT2D eigenvalue weighted by Gasteiger charge is -2.36. The van der Waals surface area contributed by atoms with Crippen LogP contribution in [0.4, 0.5) is 20.6 Å². The Morgan fingerprint density at radius 2 is 2.20 bits per heavy atom. The van der Waals surface area contributed by atoms with Crippen molar-refractivity contribution in [2.24, 2.45) is 0 Å². The lowest BCUT2D eigenvalue weighted by molar-refractivity contribution is -0.116. The minimum absolute atomic E-state index is 0.0766. The number of aromatic nitrogens is 2. The van der Waals surface area contributed by atoms with E-state index < -0.39 is 24.3 Å². The van der Waals surface area contributed by atoms with Gasteiger partial charge in [-0.05, 0) is 49.5 Å². The fourth-order valence-electron chi connectivity index (χ4n) is 3.53. The number of hydrogen-bond acceptors (Lipinski definition) is 5. The highest BCUT2D eigenvalue weighted by Gasteiger charge is 2.27. The summed E-state index contributed by atoms with van der Waals surface area (Å²) < 4.78 is 18.7. The molecule has 30 heavy (non-hydrogen) atoms. The normalized spacial score (nSPS) is 17.1. The number of H-pyrrole nitrogens is 1. The molecular weight excluding hydrogens is 457 g/mol. The maximum Gasteiger partial charge on any atom is 0.407 e. The predicted octanol–water partition coefficient (Wildman–Crippen LogP) is 4.12. The van der Waals surface area contributed by atoms with E-state index in [1.54, 1.807) is 12.4 Å². The van der Waals surface area contributed by atoms with Crippen LogP contribution in [0.1, 0.15) is 40.0 Å². The fraction of sp³-hybridized carbons (Fsp3) is 0.550. The van der Waals surface area contributed by atoms with Gasteiger partial charge in [0.1, 0.15) is 11.2 Å². The number of halogens is 2. The average molecular weight is 484 g/mol. The van der Waals surface area contributed by atoms with Crippen molar-refractivity contribution < 1.29 is 18.7 Å². The highest BCUT2D eigenvalue weighted by Crippen LogP contribution is 2.39. The molecule has 1 fully saturated rings. The number of ether oxygens (including phenoxy) is 1. The molecule has 2 amide bonds. The Morgan fingerprint density at radius 3 is 2.90 bits per heavy atom. The summed E-state index contributed by atoms with van der Waals surface area (Å²) in [4.78, 5) is 33.7. The highest BCUT2D eigenvalue weighted by atomic mass is 79.9. The van der Waals surface area contributed by atoms with Gasteiger partial charge in [0.25, 0.3) is 0 Å². The van der Waals surface area contributed by atoms with E-state index in [-0.39, 0.29) is 12.5 Å². The van der Waals surface area contributed by atoms with E-state index in [1.807, 2.05) is 20.8 Å². The zero-order valence-electron chi connectivity index (χ0n) is 17.3. The summed E-state index contributed by atoms with van der Waals surface area (Å²) >= 11 is 3.58. The summed E-state index contributed by atoms with van der Waals surface area (Å²) in [6.07, 6.45) is 4.44. The van der Waals surface area contributed by atoms with E-state index in [1.165, 1.54) is 0 Å². The van der Waals surface area contributed by atoms with E-state index in [9.17, 15) is 14.0 Å². The first-order valence-corrected chi connectivity index (χ1v) is 10.7. The second kappa shape index (κ2) is 9.20. The molecule has 3 rings (SSSR count). The maximum absolute atomic E-state index is 12.5. The smallest absolute Gasteiger partial charge is 0.407 e. The second-order valence-corrected chi connectivity index (χ2v) is 9.15. The number of nitrogens with one attached hydrogen (secondary N) is 3. The molecule has 3 N–H and O–H groups in total. The molecule has 0 aliphatic carbocycles. The van der Waals surface area contributed by atoms with Crippen molar-refractivity contribution >= 4 is 50.3 Å². The first kappa shape index (κ1) is 22.3. The number of carbonyl (C=O) groups is 2. The van der Waals surface area contributed by atoms with Crippen LogP contribution in [-0.2, 0) is 9.53 Å². The Labute approximate surface area is 183 Å². The summed E-state index contributed by atoms with van der Waals surface area (Å²) in [6, 6.07) is -0.0766. The van der Waals surface area contributed by atoms with Gasteiger partial charge in [0.15, 0.2) is 0 Å². The molecule has 1 unspecified atom stereocenters. The zero-order chi connectivity index (χ0) is 21.9. The van der Waals surface area contributed by atoms with Gasteiger partial charge in [0, 0.05) is 31.5 Å². The molecule has 1 aliphatic heterocycles. The number of hydrogen-bond donors (Lipinski definition) is 3. The van der Waals surface area contributed by atoms with Crippen LogP contribution >= 0.6 is 15.9 Å². The SMILES string of the molecule is CC(C)(C)OC(=O)NC1CCCN(c2c(Br)cnc3[nH]cc(NC(=O)CCF)c23)C1. The van der Waals surface area contributed by atoms with Gasteiger partial charge in [-0.3, -0.25) is 9.18 Å². The molecule has 2 aromatic heterocycles. The number of carbonyl (C=O) groups excluding carboxylic acids is 2. The number of pyridine rings is 1. The molecule has 0 aromatic carbocycles. The number of fused-ring (bicyclic) bond motifs is 1. The Kier molecular flexibility index (Phi) is 6.84. The molecule has 2 aromatic rings. The number of anilines is 2. The lowest BCUT2D eigenvalue weighted by atomic mass is 10.0. The number of amides is 2. The van der Waals surface area contributed by atoms with Gasteiger partial charge >= 0.3 is 6.09 Å². The molecule has 10 heteroatoms. The standard InChI is InChI=1S/C20H27BrFN5O3/c1-20(2,3)30-19(29)25-12-5-4-8-27(11-12)17-13(21)9-23-18-16(17)14(10-24-18)26-15(28)6-7-22/h9-10,12H,4-8,11H2,1-3H3,(H,23,24)(H,25,29)(H,26,28). The molecule has 1 saturated heterocycles. The molecular formula is C20H27BrFN5O3. The number of nitrogens with zero attached hydrogens (tertiary/aromatic N) is 2. The summed E-state index contributed by atoms with van der Waals surface area (Å²) in [7, 11) is 0. The van der Waals surface area contributed by atoms with E-state index in [2.05, 4.69) is 41.4 Å². The summed E-state index contributed by atoms with van der Waals surface area (Å²) in [6.45, 7) is 6.14. The van der Waals surface area contributed by atoms with Gasteiger partial charge in [-0.1, -0.05) is 0 Å². The first-order valence-electron chi connectivity index (χ1n) is 9.94. The molecule has 8 nitrogen and oxygen atoms in total. The minimum atomic E-state index is -0.715. The molecule has 3 heterocycles. The molecule has 164 valence electrons. The highest BCUT2D eigenvalue weighted by molar-refractivity contribution is 9.10. The van der Waals surface area contributed by atoms with Gasteiger partial charge in [-0.2, -0.15) is 0 Å². The van der Waals surface area contributed by atoms with Crippen LogP contribution in [0.2, 0.25) is 0 Å². The summed E-state index contributed by atoms with van der Waals surface area (Å²) in [5, 5.41) is 6.45. The van der Waals surface area contributed by atoms with E-state index in [0.29, 0.717) is 17.9 Å². The molecule has 0 radical (unpaired) electrons. The van der Waals surface area contributed by atoms with Crippen molar-refractivity contribution in [3.8, 4) is 0 Å². The maximum atomic E-state index is 12.5. The number of aromatic amines is 1. The molecule has 1 atom stereocenters. The Hall–Kier alpha value is -2.36. The summed E-state index contributed by atoms with van der Waals surface area (Å²) in [5.74, 6) is -0.396. The van der Waals surface area contributed by atoms with Gasteiger partial charge in [-0.25, -0.2) is 9.78 Å². The van der Waals surface area contributed by atoms with Crippen LogP contribution in [0, 0.1) is 0 Å². The molecule has 0 saturated carbocycles. The first-order chi connectivity index (χ1) is 14.2. The Balaban J connectivity index is 1.84. The van der Waals surface area contributed by atoms with Gasteiger partial charge in [-0.15, -0.1) is 0 Å². The van der Waals surface area contributed by atoms with E-state index in [4.69, 9.17) is 4.74 Å². The number of piperidine rings is 1.